The van der Waals surface area contributed by atoms with Crippen molar-refractivity contribution >= 4 is 23.8 Å². The van der Waals surface area contributed by atoms with Crippen molar-refractivity contribution in [3.05, 3.63) is 29.8 Å². The van der Waals surface area contributed by atoms with Crippen molar-refractivity contribution in [1.29, 1.82) is 0 Å². The van der Waals surface area contributed by atoms with Crippen molar-refractivity contribution in [2.24, 2.45) is 0 Å². The number of hydrogen-bond donors (Lipinski definition) is 2. The number of carbonyl (C=O) groups is 2. The summed E-state index contributed by atoms with van der Waals surface area (Å²) in [4.78, 5) is 25.7. The lowest BCUT2D eigenvalue weighted by Gasteiger charge is -2.33. The lowest BCUT2D eigenvalue weighted by molar-refractivity contribution is 0.0475. The van der Waals surface area contributed by atoms with Crippen LogP contribution in [0.25, 0.3) is 0 Å². The van der Waals surface area contributed by atoms with Gasteiger partial charge in [0.1, 0.15) is 5.60 Å². The Morgan fingerprint density at radius 2 is 1.60 bits per heavy atom. The second-order valence-corrected chi connectivity index (χ2v) is 8.23. The van der Waals surface area contributed by atoms with Gasteiger partial charge in [-0.05, 0) is 64.1 Å². The van der Waals surface area contributed by atoms with E-state index in [9.17, 15) is 9.59 Å². The first-order chi connectivity index (χ1) is 11.8. The Morgan fingerprint density at radius 1 is 1.04 bits per heavy atom. The number of amides is 2. The van der Waals surface area contributed by atoms with E-state index in [0.717, 1.165) is 30.6 Å². The quantitative estimate of drug-likeness (QED) is 0.793. The van der Waals surface area contributed by atoms with Crippen LogP contribution < -0.4 is 10.6 Å². The molecule has 6 heteroatoms. The Bertz CT molecular complexity index is 596. The summed E-state index contributed by atoms with van der Waals surface area (Å²) in [6.45, 7) is 5.51. The maximum Gasteiger partial charge on any atom is 0.407 e. The molecule has 0 spiro atoms. The SMILES string of the molecule is CSc1ccc(C(=O)N[C@H]2CCCC[C@H]2NC(=O)OC(C)(C)C)cc1. The van der Waals surface area contributed by atoms with Crippen molar-refractivity contribution in [3.8, 4) is 0 Å². The van der Waals surface area contributed by atoms with Crippen LogP contribution in [0.15, 0.2) is 29.2 Å². The first kappa shape index (κ1) is 19.6. The number of ether oxygens (including phenoxy) is 1. The Morgan fingerprint density at radius 3 is 2.12 bits per heavy atom. The van der Waals surface area contributed by atoms with E-state index >= 15 is 0 Å². The first-order valence-corrected chi connectivity index (χ1v) is 9.95. The summed E-state index contributed by atoms with van der Waals surface area (Å²) in [5.74, 6) is -0.101. The van der Waals surface area contributed by atoms with E-state index in [1.807, 2.05) is 51.3 Å². The number of nitrogens with one attached hydrogen (secondary N) is 2. The fourth-order valence-corrected chi connectivity index (χ4v) is 3.34. The van der Waals surface area contributed by atoms with Crippen LogP contribution in [-0.2, 0) is 4.74 Å². The van der Waals surface area contributed by atoms with Crippen molar-refractivity contribution in [3.63, 3.8) is 0 Å². The molecule has 2 N–H and O–H groups in total. The Balaban J connectivity index is 1.97. The molecule has 1 fully saturated rings. The highest BCUT2D eigenvalue weighted by atomic mass is 32.2. The summed E-state index contributed by atoms with van der Waals surface area (Å²) in [5, 5.41) is 6.00. The van der Waals surface area contributed by atoms with E-state index in [2.05, 4.69) is 10.6 Å². The molecule has 2 rings (SSSR count). The molecular formula is C19H28N2O3S. The second-order valence-electron chi connectivity index (χ2n) is 7.35. The fourth-order valence-electron chi connectivity index (χ4n) is 2.93. The third kappa shape index (κ3) is 6.27. The zero-order valence-electron chi connectivity index (χ0n) is 15.4. The molecule has 0 bridgehead atoms. The third-order valence-corrected chi connectivity index (χ3v) is 4.88. The van der Waals surface area contributed by atoms with Crippen LogP contribution in [0, 0.1) is 0 Å². The van der Waals surface area contributed by atoms with Gasteiger partial charge in [-0.25, -0.2) is 4.79 Å². The van der Waals surface area contributed by atoms with Crippen molar-refractivity contribution in [1.82, 2.24) is 10.6 Å². The predicted octanol–water partition coefficient (Wildman–Crippen LogP) is 3.97. The molecule has 2 atom stereocenters. The minimum atomic E-state index is -0.531. The molecule has 0 unspecified atom stereocenters. The minimum absolute atomic E-state index is 0.0750. The van der Waals surface area contributed by atoms with Crippen LogP contribution in [0.3, 0.4) is 0 Å². The lowest BCUT2D eigenvalue weighted by Crippen LogP contribution is -2.53. The number of rotatable bonds is 4. The zero-order chi connectivity index (χ0) is 18.4. The van der Waals surface area contributed by atoms with E-state index in [1.54, 1.807) is 11.8 Å². The summed E-state index contributed by atoms with van der Waals surface area (Å²) in [6, 6.07) is 7.38. The molecule has 5 nitrogen and oxygen atoms in total. The topological polar surface area (TPSA) is 67.4 Å². The highest BCUT2D eigenvalue weighted by Gasteiger charge is 2.29. The van der Waals surface area contributed by atoms with Crippen LogP contribution in [0.5, 0.6) is 0 Å². The van der Waals surface area contributed by atoms with Gasteiger partial charge in [0.25, 0.3) is 5.91 Å². The van der Waals surface area contributed by atoms with Gasteiger partial charge in [-0.3, -0.25) is 4.79 Å². The van der Waals surface area contributed by atoms with E-state index in [1.165, 1.54) is 0 Å². The van der Waals surface area contributed by atoms with Crippen LogP contribution in [0.1, 0.15) is 56.8 Å². The Kier molecular flexibility index (Phi) is 6.76. The molecule has 0 saturated heterocycles. The maximum absolute atomic E-state index is 12.5. The normalized spacial score (nSPS) is 20.6. The average Bonchev–Trinajstić information content (AvgIpc) is 2.55. The Hall–Kier alpha value is -1.69. The lowest BCUT2D eigenvalue weighted by atomic mass is 9.90. The van der Waals surface area contributed by atoms with Gasteiger partial charge in [-0.2, -0.15) is 0 Å². The largest absolute Gasteiger partial charge is 0.444 e. The molecule has 0 radical (unpaired) electrons. The number of hydrogen-bond acceptors (Lipinski definition) is 4. The van der Waals surface area contributed by atoms with Gasteiger partial charge in [0, 0.05) is 16.5 Å². The van der Waals surface area contributed by atoms with E-state index in [4.69, 9.17) is 4.74 Å². The number of thioether (sulfide) groups is 1. The zero-order valence-corrected chi connectivity index (χ0v) is 16.2. The average molecular weight is 365 g/mol. The summed E-state index contributed by atoms with van der Waals surface area (Å²) < 4.78 is 5.34. The van der Waals surface area contributed by atoms with E-state index in [0.29, 0.717) is 5.56 Å². The minimum Gasteiger partial charge on any atom is -0.444 e. The molecule has 1 aromatic carbocycles. The van der Waals surface area contributed by atoms with E-state index in [-0.39, 0.29) is 18.0 Å². The van der Waals surface area contributed by atoms with Gasteiger partial charge < -0.3 is 15.4 Å². The van der Waals surface area contributed by atoms with Crippen LogP contribution >= 0.6 is 11.8 Å². The molecule has 138 valence electrons. The molecular weight excluding hydrogens is 336 g/mol. The second kappa shape index (κ2) is 8.61. The number of alkyl carbamates (subject to hydrolysis) is 1. The standard InChI is InChI=1S/C19H28N2O3S/c1-19(2,3)24-18(23)21-16-8-6-5-7-15(16)20-17(22)13-9-11-14(25-4)12-10-13/h9-12,15-16H,5-8H2,1-4H3,(H,20,22)(H,21,23)/t15-,16+/m0/s1. The van der Waals surface area contributed by atoms with E-state index < -0.39 is 11.7 Å². The van der Waals surface area contributed by atoms with Crippen LogP contribution in [-0.4, -0.2) is 35.9 Å². The van der Waals surface area contributed by atoms with Gasteiger partial charge in [-0.15, -0.1) is 11.8 Å². The smallest absolute Gasteiger partial charge is 0.407 e. The first-order valence-electron chi connectivity index (χ1n) is 8.73. The molecule has 0 aliphatic heterocycles. The molecule has 1 aliphatic rings. The summed E-state index contributed by atoms with van der Waals surface area (Å²) in [5.41, 5.74) is 0.107. The van der Waals surface area contributed by atoms with Crippen molar-refractivity contribution in [2.45, 2.75) is 69.0 Å². The molecule has 0 aromatic heterocycles. The summed E-state index contributed by atoms with van der Waals surface area (Å²) >= 11 is 1.64. The Labute approximate surface area is 154 Å². The third-order valence-electron chi connectivity index (χ3n) is 4.14. The van der Waals surface area contributed by atoms with Crippen molar-refractivity contribution < 1.29 is 14.3 Å². The molecule has 0 heterocycles. The highest BCUT2D eigenvalue weighted by Crippen LogP contribution is 2.20. The fraction of sp³-hybridized carbons (Fsp3) is 0.579. The highest BCUT2D eigenvalue weighted by molar-refractivity contribution is 7.98. The summed E-state index contributed by atoms with van der Waals surface area (Å²) in [7, 11) is 0. The maximum atomic E-state index is 12.5. The van der Waals surface area contributed by atoms with Gasteiger partial charge in [0.15, 0.2) is 0 Å². The monoisotopic (exact) mass is 364 g/mol. The van der Waals surface area contributed by atoms with Crippen LogP contribution in [0.4, 0.5) is 4.79 Å². The van der Waals surface area contributed by atoms with Crippen molar-refractivity contribution in [2.75, 3.05) is 6.26 Å². The molecule has 1 saturated carbocycles. The molecule has 1 aromatic rings. The number of benzene rings is 1. The molecule has 1 aliphatic carbocycles. The van der Waals surface area contributed by atoms with Crippen LogP contribution in [0.2, 0.25) is 0 Å². The van der Waals surface area contributed by atoms with Gasteiger partial charge >= 0.3 is 6.09 Å². The van der Waals surface area contributed by atoms with Gasteiger partial charge in [0.05, 0.1) is 6.04 Å². The predicted molar refractivity (Wildman–Crippen MR) is 101 cm³/mol. The number of carbonyl (C=O) groups excluding carboxylic acids is 2. The van der Waals surface area contributed by atoms with Gasteiger partial charge in [-0.1, -0.05) is 12.8 Å². The van der Waals surface area contributed by atoms with Gasteiger partial charge in [0.2, 0.25) is 0 Å². The molecule has 25 heavy (non-hydrogen) atoms. The molecule has 2 amide bonds. The summed E-state index contributed by atoms with van der Waals surface area (Å²) in [6.07, 6.45) is 5.36.